The molecule has 0 unspecified atom stereocenters. The Hall–Kier alpha value is 0.130. The Morgan fingerprint density at radius 1 is 1.23 bits per heavy atom. The summed E-state index contributed by atoms with van der Waals surface area (Å²) in [4.78, 5) is 10.5. The molecule has 0 aliphatic heterocycles. The number of hydrogen-bond acceptors (Lipinski definition) is 1. The van der Waals surface area contributed by atoms with E-state index in [0.717, 1.165) is 19.0 Å². The summed E-state index contributed by atoms with van der Waals surface area (Å²) in [7, 11) is 0. The van der Waals surface area contributed by atoms with E-state index >= 15 is 0 Å². The maximum atomic E-state index is 10.5. The molecule has 0 fully saturated rings. The van der Waals surface area contributed by atoms with Gasteiger partial charge in [-0.2, -0.15) is 0 Å². The first-order chi connectivity index (χ1) is 6.02. The molecule has 1 N–H and O–H groups in total. The van der Waals surface area contributed by atoms with Crippen LogP contribution in [0.3, 0.4) is 0 Å². The van der Waals surface area contributed by atoms with Gasteiger partial charge in [0.15, 0.2) is 0 Å². The van der Waals surface area contributed by atoms with Crippen molar-refractivity contribution in [2.75, 3.05) is 0 Å². The molecule has 13 heavy (non-hydrogen) atoms. The molecule has 0 atom stereocenters. The highest BCUT2D eigenvalue weighted by molar-refractivity contribution is 9.14. The van der Waals surface area contributed by atoms with Crippen LogP contribution in [0.25, 0.3) is 0 Å². The lowest BCUT2D eigenvalue weighted by atomic mass is 10.2. The van der Waals surface area contributed by atoms with E-state index in [2.05, 4.69) is 47.8 Å². The van der Waals surface area contributed by atoms with Crippen LogP contribution in [-0.4, -0.2) is 11.1 Å². The SMILES string of the molecule is O=C(O)Cc1ccc(Br)c(Br)c1Br. The lowest BCUT2D eigenvalue weighted by Gasteiger charge is -2.04. The van der Waals surface area contributed by atoms with E-state index in [1.807, 2.05) is 6.07 Å². The first kappa shape index (κ1) is 11.2. The number of carboxylic acids is 1. The minimum atomic E-state index is -0.838. The van der Waals surface area contributed by atoms with E-state index in [-0.39, 0.29) is 6.42 Å². The lowest BCUT2D eigenvalue weighted by Crippen LogP contribution is -2.00. The minimum Gasteiger partial charge on any atom is -0.481 e. The molecule has 1 aromatic carbocycles. The predicted octanol–water partition coefficient (Wildman–Crippen LogP) is 3.60. The Labute approximate surface area is 101 Å². The van der Waals surface area contributed by atoms with Crippen LogP contribution < -0.4 is 0 Å². The number of hydrogen-bond donors (Lipinski definition) is 1. The van der Waals surface area contributed by atoms with Crippen molar-refractivity contribution in [3.63, 3.8) is 0 Å². The summed E-state index contributed by atoms with van der Waals surface area (Å²) < 4.78 is 2.52. The Morgan fingerprint density at radius 3 is 2.38 bits per heavy atom. The number of rotatable bonds is 2. The standard InChI is InChI=1S/C8H5Br3O2/c9-5-2-1-4(3-6(12)13)7(10)8(5)11/h1-2H,3H2,(H,12,13). The van der Waals surface area contributed by atoms with Gasteiger partial charge in [-0.1, -0.05) is 6.07 Å². The molecular formula is C8H5Br3O2. The van der Waals surface area contributed by atoms with Gasteiger partial charge in [-0.15, -0.1) is 0 Å². The fourth-order valence-corrected chi connectivity index (χ4v) is 2.33. The molecule has 0 spiro atoms. The Balaban J connectivity index is 3.10. The summed E-state index contributed by atoms with van der Waals surface area (Å²) in [6.07, 6.45) is 0.0203. The number of benzene rings is 1. The molecular weight excluding hydrogens is 368 g/mol. The summed E-state index contributed by atoms with van der Waals surface area (Å²) in [5.74, 6) is -0.838. The fraction of sp³-hybridized carbons (Fsp3) is 0.125. The van der Waals surface area contributed by atoms with Crippen LogP contribution in [0.1, 0.15) is 5.56 Å². The molecule has 1 aromatic rings. The molecule has 5 heteroatoms. The maximum Gasteiger partial charge on any atom is 0.307 e. The van der Waals surface area contributed by atoms with Crippen LogP contribution in [0.5, 0.6) is 0 Å². The van der Waals surface area contributed by atoms with Crippen molar-refractivity contribution in [3.05, 3.63) is 31.1 Å². The lowest BCUT2D eigenvalue weighted by molar-refractivity contribution is -0.136. The molecule has 0 saturated carbocycles. The van der Waals surface area contributed by atoms with E-state index in [1.54, 1.807) is 6.07 Å². The van der Waals surface area contributed by atoms with Crippen molar-refractivity contribution in [2.24, 2.45) is 0 Å². The zero-order valence-electron chi connectivity index (χ0n) is 6.35. The molecule has 0 radical (unpaired) electrons. The molecule has 0 heterocycles. The van der Waals surface area contributed by atoms with Crippen LogP contribution in [-0.2, 0) is 11.2 Å². The minimum absolute atomic E-state index is 0.0203. The van der Waals surface area contributed by atoms with Gasteiger partial charge in [-0.3, -0.25) is 4.79 Å². The highest BCUT2D eigenvalue weighted by Gasteiger charge is 2.09. The summed E-state index contributed by atoms with van der Waals surface area (Å²) >= 11 is 9.97. The van der Waals surface area contributed by atoms with E-state index in [9.17, 15) is 4.79 Å². The highest BCUT2D eigenvalue weighted by atomic mass is 79.9. The van der Waals surface area contributed by atoms with E-state index in [0.29, 0.717) is 0 Å². The van der Waals surface area contributed by atoms with Gasteiger partial charge >= 0.3 is 5.97 Å². The van der Waals surface area contributed by atoms with Gasteiger partial charge in [-0.05, 0) is 59.4 Å². The van der Waals surface area contributed by atoms with Crippen molar-refractivity contribution in [1.82, 2.24) is 0 Å². The highest BCUT2D eigenvalue weighted by Crippen LogP contribution is 2.33. The summed E-state index contributed by atoms with van der Waals surface area (Å²) in [6.45, 7) is 0. The topological polar surface area (TPSA) is 37.3 Å². The Morgan fingerprint density at radius 2 is 1.85 bits per heavy atom. The molecule has 0 aliphatic carbocycles. The van der Waals surface area contributed by atoms with E-state index < -0.39 is 5.97 Å². The van der Waals surface area contributed by atoms with Gasteiger partial charge in [0.2, 0.25) is 0 Å². The van der Waals surface area contributed by atoms with Gasteiger partial charge < -0.3 is 5.11 Å². The normalized spacial score (nSPS) is 10.1. The number of carbonyl (C=O) groups is 1. The van der Waals surface area contributed by atoms with Crippen LogP contribution in [0, 0.1) is 0 Å². The average molecular weight is 373 g/mol. The molecule has 0 aliphatic rings. The van der Waals surface area contributed by atoms with E-state index in [4.69, 9.17) is 5.11 Å². The zero-order valence-corrected chi connectivity index (χ0v) is 11.1. The van der Waals surface area contributed by atoms with Gasteiger partial charge in [0.05, 0.1) is 6.42 Å². The fourth-order valence-electron chi connectivity index (χ4n) is 0.865. The van der Waals surface area contributed by atoms with Crippen molar-refractivity contribution in [2.45, 2.75) is 6.42 Å². The van der Waals surface area contributed by atoms with Gasteiger partial charge in [-0.25, -0.2) is 0 Å². The van der Waals surface area contributed by atoms with Crippen molar-refractivity contribution in [3.8, 4) is 0 Å². The number of halogens is 3. The molecule has 0 aromatic heterocycles. The van der Waals surface area contributed by atoms with Gasteiger partial charge in [0, 0.05) is 13.4 Å². The maximum absolute atomic E-state index is 10.5. The molecule has 1 rings (SSSR count). The van der Waals surface area contributed by atoms with Crippen molar-refractivity contribution < 1.29 is 9.90 Å². The average Bonchev–Trinajstić information content (AvgIpc) is 2.06. The second-order valence-corrected chi connectivity index (χ2v) is 4.85. The second-order valence-electron chi connectivity index (χ2n) is 2.40. The molecule has 70 valence electrons. The smallest absolute Gasteiger partial charge is 0.307 e. The van der Waals surface area contributed by atoms with Crippen LogP contribution >= 0.6 is 47.8 Å². The number of aliphatic carboxylic acids is 1. The first-order valence-electron chi connectivity index (χ1n) is 3.36. The summed E-state index contributed by atoms with van der Waals surface area (Å²) in [6, 6.07) is 3.58. The summed E-state index contributed by atoms with van der Waals surface area (Å²) in [5, 5.41) is 8.60. The predicted molar refractivity (Wildman–Crippen MR) is 60.9 cm³/mol. The second kappa shape index (κ2) is 4.57. The van der Waals surface area contributed by atoms with Gasteiger partial charge in [0.1, 0.15) is 0 Å². The zero-order chi connectivity index (χ0) is 10.0. The third kappa shape index (κ3) is 2.79. The monoisotopic (exact) mass is 370 g/mol. The third-order valence-electron chi connectivity index (χ3n) is 1.46. The van der Waals surface area contributed by atoms with Gasteiger partial charge in [0.25, 0.3) is 0 Å². The molecule has 0 amide bonds. The number of carboxylic acid groups (broad SMARTS) is 1. The molecule has 2 nitrogen and oxygen atoms in total. The molecule has 0 bridgehead atoms. The molecule has 0 saturated heterocycles. The third-order valence-corrected chi connectivity index (χ3v) is 4.91. The van der Waals surface area contributed by atoms with Crippen LogP contribution in [0.4, 0.5) is 0 Å². The first-order valence-corrected chi connectivity index (χ1v) is 5.74. The largest absolute Gasteiger partial charge is 0.481 e. The van der Waals surface area contributed by atoms with Crippen molar-refractivity contribution >= 4 is 53.8 Å². The van der Waals surface area contributed by atoms with Crippen molar-refractivity contribution in [1.29, 1.82) is 0 Å². The van der Waals surface area contributed by atoms with Crippen LogP contribution in [0.2, 0.25) is 0 Å². The van der Waals surface area contributed by atoms with E-state index in [1.165, 1.54) is 0 Å². The Bertz CT molecular complexity index is 349. The Kier molecular flexibility index (Phi) is 3.94. The quantitative estimate of drug-likeness (QED) is 0.805. The van der Waals surface area contributed by atoms with Crippen LogP contribution in [0.15, 0.2) is 25.6 Å². The summed E-state index contributed by atoms with van der Waals surface area (Å²) in [5.41, 5.74) is 0.752.